The zero-order valence-electron chi connectivity index (χ0n) is 14.1. The lowest BCUT2D eigenvalue weighted by Gasteiger charge is -2.11. The lowest BCUT2D eigenvalue weighted by molar-refractivity contribution is -0.139. The van der Waals surface area contributed by atoms with E-state index in [-0.39, 0.29) is 12.5 Å². The fraction of sp³-hybridized carbons (Fsp3) is 0.200. The Kier molecular flexibility index (Phi) is 7.08. The number of methoxy groups -OCH3 is 1. The van der Waals surface area contributed by atoms with Crippen LogP contribution in [0.15, 0.2) is 66.4 Å². The van der Waals surface area contributed by atoms with E-state index in [1.54, 1.807) is 0 Å². The number of nitrogens with one attached hydrogen (secondary N) is 1. The minimum absolute atomic E-state index is 0.0217. The smallest absolute Gasteiger partial charge is 0.325 e. The van der Waals surface area contributed by atoms with Crippen molar-refractivity contribution in [2.45, 2.75) is 13.0 Å². The molecular formula is C20H20N2O3. The third-order valence-electron chi connectivity index (χ3n) is 3.48. The Balaban J connectivity index is 2.02. The van der Waals surface area contributed by atoms with Gasteiger partial charge < -0.3 is 14.8 Å². The molecule has 2 rings (SSSR count). The van der Waals surface area contributed by atoms with Gasteiger partial charge in [-0.15, -0.1) is 0 Å². The number of carbonyl (C=O) groups excluding carboxylic acids is 1. The molecule has 5 nitrogen and oxygen atoms in total. The number of allylic oxidation sites excluding steroid dienone is 1. The third-order valence-corrected chi connectivity index (χ3v) is 3.48. The summed E-state index contributed by atoms with van der Waals surface area (Å²) in [5, 5.41) is 12.1. The summed E-state index contributed by atoms with van der Waals surface area (Å²) in [6, 6.07) is 19.6. The lowest BCUT2D eigenvalue weighted by atomic mass is 10.1. The number of esters is 1. The van der Waals surface area contributed by atoms with Crippen LogP contribution in [0.5, 0.6) is 5.75 Å². The third kappa shape index (κ3) is 6.04. The summed E-state index contributed by atoms with van der Waals surface area (Å²) in [5.41, 5.74) is 2.49. The molecule has 0 saturated heterocycles. The molecule has 0 aromatic heterocycles. The highest BCUT2D eigenvalue weighted by Crippen LogP contribution is 2.22. The molecule has 25 heavy (non-hydrogen) atoms. The number of nitriles is 1. The molecule has 0 aliphatic carbocycles. The second kappa shape index (κ2) is 9.78. The van der Waals surface area contributed by atoms with E-state index in [1.165, 1.54) is 13.3 Å². The molecule has 5 heteroatoms. The van der Waals surface area contributed by atoms with E-state index in [2.05, 4.69) is 16.1 Å². The van der Waals surface area contributed by atoms with Crippen molar-refractivity contribution in [3.8, 4) is 11.8 Å². The topological polar surface area (TPSA) is 71.3 Å². The Labute approximate surface area is 147 Å². The highest BCUT2D eigenvalue weighted by molar-refractivity contribution is 5.71. The van der Waals surface area contributed by atoms with E-state index in [1.807, 2.05) is 54.6 Å². The average Bonchev–Trinajstić information content (AvgIpc) is 2.67. The standard InChI is InChI=1S/C20H20N2O3/c1-24-20(23)14-22-13-17(12-21)11-18-9-5-6-10-19(18)25-15-16-7-3-2-4-8-16/h2-10,13,22H,11,14-15H2,1H3/b17-13+. The summed E-state index contributed by atoms with van der Waals surface area (Å²) in [4.78, 5) is 11.1. The molecule has 2 aromatic carbocycles. The van der Waals surface area contributed by atoms with Gasteiger partial charge in [-0.05, 0) is 17.2 Å². The Morgan fingerprint density at radius 3 is 2.60 bits per heavy atom. The molecule has 2 aromatic rings. The molecule has 0 radical (unpaired) electrons. The van der Waals surface area contributed by atoms with Crippen LogP contribution < -0.4 is 10.1 Å². The molecule has 0 heterocycles. The summed E-state index contributed by atoms with van der Waals surface area (Å²) in [6.07, 6.45) is 1.94. The van der Waals surface area contributed by atoms with Crippen LogP contribution in [0, 0.1) is 11.3 Å². The van der Waals surface area contributed by atoms with E-state index in [0.29, 0.717) is 18.6 Å². The fourth-order valence-corrected chi connectivity index (χ4v) is 2.18. The normalized spacial score (nSPS) is 10.6. The molecule has 1 N–H and O–H groups in total. The van der Waals surface area contributed by atoms with Crippen LogP contribution in [0.4, 0.5) is 0 Å². The second-order valence-corrected chi connectivity index (χ2v) is 5.30. The zero-order valence-corrected chi connectivity index (χ0v) is 14.1. The van der Waals surface area contributed by atoms with Gasteiger partial charge in [-0.3, -0.25) is 4.79 Å². The summed E-state index contributed by atoms with van der Waals surface area (Å²) < 4.78 is 10.4. The van der Waals surface area contributed by atoms with Crippen molar-refractivity contribution in [3.05, 3.63) is 77.5 Å². The van der Waals surface area contributed by atoms with Crippen molar-refractivity contribution in [1.82, 2.24) is 5.32 Å². The van der Waals surface area contributed by atoms with Crippen LogP contribution in [0.3, 0.4) is 0 Å². The SMILES string of the molecule is COC(=O)CN/C=C(/C#N)Cc1ccccc1OCc1ccccc1. The number of carbonyl (C=O) groups is 1. The molecule has 0 unspecified atom stereocenters. The molecule has 0 saturated carbocycles. The lowest BCUT2D eigenvalue weighted by Crippen LogP contribution is -2.19. The van der Waals surface area contributed by atoms with Crippen molar-refractivity contribution >= 4 is 5.97 Å². The van der Waals surface area contributed by atoms with E-state index >= 15 is 0 Å². The Hall–Kier alpha value is -3.26. The maximum Gasteiger partial charge on any atom is 0.325 e. The van der Waals surface area contributed by atoms with Crippen molar-refractivity contribution in [3.63, 3.8) is 0 Å². The first kappa shape index (κ1) is 18.1. The number of rotatable bonds is 8. The maximum atomic E-state index is 11.1. The molecular weight excluding hydrogens is 316 g/mol. The number of hydrogen-bond donors (Lipinski definition) is 1. The summed E-state index contributed by atoms with van der Waals surface area (Å²) in [5.74, 6) is 0.348. The van der Waals surface area contributed by atoms with Crippen molar-refractivity contribution in [2.24, 2.45) is 0 Å². The van der Waals surface area contributed by atoms with E-state index < -0.39 is 0 Å². The van der Waals surface area contributed by atoms with Crippen LogP contribution in [0.1, 0.15) is 11.1 Å². The second-order valence-electron chi connectivity index (χ2n) is 5.30. The quantitative estimate of drug-likeness (QED) is 0.593. The van der Waals surface area contributed by atoms with Crippen molar-refractivity contribution in [2.75, 3.05) is 13.7 Å². The highest BCUT2D eigenvalue weighted by atomic mass is 16.5. The van der Waals surface area contributed by atoms with Crippen LogP contribution >= 0.6 is 0 Å². The molecule has 0 aliphatic rings. The van der Waals surface area contributed by atoms with Gasteiger partial charge >= 0.3 is 5.97 Å². The van der Waals surface area contributed by atoms with Gasteiger partial charge in [0.15, 0.2) is 0 Å². The summed E-state index contributed by atoms with van der Waals surface area (Å²) in [6.45, 7) is 0.484. The minimum Gasteiger partial charge on any atom is -0.489 e. The van der Waals surface area contributed by atoms with E-state index in [0.717, 1.165) is 16.9 Å². The largest absolute Gasteiger partial charge is 0.489 e. The summed E-state index contributed by atoms with van der Waals surface area (Å²) in [7, 11) is 1.32. The monoisotopic (exact) mass is 336 g/mol. The Morgan fingerprint density at radius 1 is 1.16 bits per heavy atom. The molecule has 0 fully saturated rings. The van der Waals surface area contributed by atoms with Gasteiger partial charge in [0.2, 0.25) is 0 Å². The number of benzene rings is 2. The molecule has 0 spiro atoms. The zero-order chi connectivity index (χ0) is 17.9. The van der Waals surface area contributed by atoms with Crippen LogP contribution in [0.25, 0.3) is 0 Å². The van der Waals surface area contributed by atoms with E-state index in [9.17, 15) is 10.1 Å². The molecule has 0 aliphatic heterocycles. The Bertz CT molecular complexity index is 764. The first-order valence-corrected chi connectivity index (χ1v) is 7.87. The first-order chi connectivity index (χ1) is 12.2. The van der Waals surface area contributed by atoms with Crippen molar-refractivity contribution in [1.29, 1.82) is 5.26 Å². The predicted molar refractivity (Wildman–Crippen MR) is 94.6 cm³/mol. The highest BCUT2D eigenvalue weighted by Gasteiger charge is 2.07. The molecule has 0 bridgehead atoms. The number of hydrogen-bond acceptors (Lipinski definition) is 5. The average molecular weight is 336 g/mol. The van der Waals surface area contributed by atoms with Gasteiger partial charge in [0.1, 0.15) is 18.9 Å². The van der Waals surface area contributed by atoms with Gasteiger partial charge in [0, 0.05) is 18.2 Å². The number of para-hydroxylation sites is 1. The first-order valence-electron chi connectivity index (χ1n) is 7.87. The molecule has 0 atom stereocenters. The molecule has 128 valence electrons. The van der Waals surface area contributed by atoms with E-state index in [4.69, 9.17) is 4.74 Å². The number of nitrogens with zero attached hydrogens (tertiary/aromatic N) is 1. The molecule has 0 amide bonds. The minimum atomic E-state index is -0.389. The van der Waals surface area contributed by atoms with Gasteiger partial charge in [0.05, 0.1) is 13.2 Å². The van der Waals surface area contributed by atoms with Crippen LogP contribution in [0.2, 0.25) is 0 Å². The Morgan fingerprint density at radius 2 is 1.88 bits per heavy atom. The van der Waals surface area contributed by atoms with Gasteiger partial charge in [0.25, 0.3) is 0 Å². The van der Waals surface area contributed by atoms with Crippen molar-refractivity contribution < 1.29 is 14.3 Å². The summed E-state index contributed by atoms with van der Waals surface area (Å²) >= 11 is 0. The van der Waals surface area contributed by atoms with Crippen LogP contribution in [-0.2, 0) is 22.6 Å². The van der Waals surface area contributed by atoms with Crippen LogP contribution in [-0.4, -0.2) is 19.6 Å². The number of ether oxygens (including phenoxy) is 2. The van der Waals surface area contributed by atoms with Gasteiger partial charge in [-0.1, -0.05) is 48.5 Å². The fourth-order valence-electron chi connectivity index (χ4n) is 2.18. The maximum absolute atomic E-state index is 11.1. The van der Waals surface area contributed by atoms with Gasteiger partial charge in [-0.25, -0.2) is 0 Å². The van der Waals surface area contributed by atoms with Gasteiger partial charge in [-0.2, -0.15) is 5.26 Å². The predicted octanol–water partition coefficient (Wildman–Crippen LogP) is 2.98.